The van der Waals surface area contributed by atoms with Crippen LogP contribution in [-0.4, -0.2) is 16.0 Å². The molecule has 2 N–H and O–H groups in total. The van der Waals surface area contributed by atoms with Crippen molar-refractivity contribution in [3.8, 4) is 17.0 Å². The molecule has 31 heavy (non-hydrogen) atoms. The van der Waals surface area contributed by atoms with Gasteiger partial charge in [-0.2, -0.15) is 0 Å². The van der Waals surface area contributed by atoms with Crippen LogP contribution in [-0.2, 0) is 6.61 Å². The minimum Gasteiger partial charge on any atom is -0.489 e. The summed E-state index contributed by atoms with van der Waals surface area (Å²) in [7, 11) is 0. The van der Waals surface area contributed by atoms with E-state index < -0.39 is 0 Å². The molecule has 7 heteroatoms. The first-order chi connectivity index (χ1) is 15.2. The summed E-state index contributed by atoms with van der Waals surface area (Å²) in [6, 6.07) is 26.7. The van der Waals surface area contributed by atoms with E-state index in [1.807, 2.05) is 72.1 Å². The number of aromatic nitrogens is 1. The van der Waals surface area contributed by atoms with Crippen LogP contribution in [0.25, 0.3) is 11.3 Å². The van der Waals surface area contributed by atoms with Gasteiger partial charge >= 0.3 is 0 Å². The highest BCUT2D eigenvalue weighted by atomic mass is 32.1. The van der Waals surface area contributed by atoms with Crippen molar-refractivity contribution in [3.05, 3.63) is 101 Å². The summed E-state index contributed by atoms with van der Waals surface area (Å²) in [6.07, 6.45) is 0. The molecule has 0 aliphatic heterocycles. The normalized spacial score (nSPS) is 10.3. The van der Waals surface area contributed by atoms with Gasteiger partial charge in [0.05, 0.1) is 5.69 Å². The number of rotatable bonds is 6. The highest BCUT2D eigenvalue weighted by Gasteiger charge is 2.11. The topological polar surface area (TPSA) is 63.2 Å². The Morgan fingerprint density at radius 1 is 0.968 bits per heavy atom. The molecule has 4 aromatic rings. The number of hydrogen-bond donors (Lipinski definition) is 2. The van der Waals surface area contributed by atoms with Gasteiger partial charge in [-0.25, -0.2) is 4.98 Å². The highest BCUT2D eigenvalue weighted by Crippen LogP contribution is 2.24. The molecule has 3 aromatic carbocycles. The number of hydrogen-bond acceptors (Lipinski definition) is 5. The van der Waals surface area contributed by atoms with Crippen molar-refractivity contribution in [2.45, 2.75) is 6.61 Å². The Hall–Kier alpha value is -3.55. The largest absolute Gasteiger partial charge is 0.489 e. The fourth-order valence-electron chi connectivity index (χ4n) is 2.84. The van der Waals surface area contributed by atoms with E-state index in [2.05, 4.69) is 15.6 Å². The van der Waals surface area contributed by atoms with Crippen molar-refractivity contribution >= 4 is 39.7 Å². The fourth-order valence-corrected chi connectivity index (χ4v) is 3.82. The van der Waals surface area contributed by atoms with Crippen LogP contribution in [0.3, 0.4) is 0 Å². The molecule has 154 valence electrons. The average molecular weight is 446 g/mol. The number of nitrogens with zero attached hydrogens (tertiary/aromatic N) is 1. The summed E-state index contributed by atoms with van der Waals surface area (Å²) < 4.78 is 5.79. The first kappa shape index (κ1) is 20.7. The summed E-state index contributed by atoms with van der Waals surface area (Å²) in [5.74, 6) is 0.297. The molecule has 0 saturated heterocycles. The van der Waals surface area contributed by atoms with Gasteiger partial charge in [0.15, 0.2) is 10.2 Å². The molecule has 1 amide bonds. The minimum absolute atomic E-state index is 0.189. The van der Waals surface area contributed by atoms with E-state index in [1.165, 1.54) is 11.3 Å². The molecule has 0 unspecified atom stereocenters. The van der Waals surface area contributed by atoms with Crippen molar-refractivity contribution in [1.29, 1.82) is 0 Å². The van der Waals surface area contributed by atoms with Gasteiger partial charge < -0.3 is 10.1 Å². The summed E-state index contributed by atoms with van der Waals surface area (Å²) in [5.41, 5.74) is 3.39. The SMILES string of the molecule is O=C(NC(=S)Nc1nc(-c2ccccc2)cs1)c1cccc(OCc2ccccc2)c1. The summed E-state index contributed by atoms with van der Waals surface area (Å²) in [5, 5.41) is 8.40. The van der Waals surface area contributed by atoms with Gasteiger partial charge in [0.1, 0.15) is 12.4 Å². The molecule has 4 rings (SSSR count). The van der Waals surface area contributed by atoms with E-state index in [0.29, 0.717) is 23.1 Å². The number of ether oxygens (including phenoxy) is 1. The van der Waals surface area contributed by atoms with Gasteiger partial charge in [-0.1, -0.05) is 66.7 Å². The van der Waals surface area contributed by atoms with E-state index in [0.717, 1.165) is 16.8 Å². The zero-order valence-electron chi connectivity index (χ0n) is 16.4. The molecule has 5 nitrogen and oxygen atoms in total. The van der Waals surface area contributed by atoms with Crippen LogP contribution < -0.4 is 15.4 Å². The third kappa shape index (κ3) is 5.75. The highest BCUT2D eigenvalue weighted by molar-refractivity contribution is 7.80. The molecular formula is C24H19N3O2S2. The molecule has 0 radical (unpaired) electrons. The predicted molar refractivity (Wildman–Crippen MR) is 128 cm³/mol. The van der Waals surface area contributed by atoms with Crippen LogP contribution in [0.4, 0.5) is 5.13 Å². The molecular weight excluding hydrogens is 426 g/mol. The third-order valence-corrected chi connectivity index (χ3v) is 5.33. The number of benzene rings is 3. The molecule has 1 aromatic heterocycles. The summed E-state index contributed by atoms with van der Waals surface area (Å²) >= 11 is 6.70. The van der Waals surface area contributed by atoms with Gasteiger partial charge in [0.25, 0.3) is 5.91 Å². The maximum atomic E-state index is 12.6. The molecule has 0 aliphatic rings. The zero-order chi connectivity index (χ0) is 21.5. The molecule has 0 atom stereocenters. The van der Waals surface area contributed by atoms with Gasteiger partial charge in [-0.15, -0.1) is 11.3 Å². The lowest BCUT2D eigenvalue weighted by molar-refractivity contribution is 0.0977. The van der Waals surface area contributed by atoms with Crippen LogP contribution in [0.15, 0.2) is 90.3 Å². The van der Waals surface area contributed by atoms with Gasteiger partial charge in [-0.3, -0.25) is 10.1 Å². The van der Waals surface area contributed by atoms with Crippen LogP contribution in [0.2, 0.25) is 0 Å². The van der Waals surface area contributed by atoms with E-state index in [-0.39, 0.29) is 11.0 Å². The number of nitrogens with one attached hydrogen (secondary N) is 2. The number of thiazole rings is 1. The Labute approximate surface area is 189 Å². The number of thiocarbonyl (C=S) groups is 1. The van der Waals surface area contributed by atoms with E-state index >= 15 is 0 Å². The average Bonchev–Trinajstić information content (AvgIpc) is 3.27. The number of amides is 1. The Balaban J connectivity index is 1.34. The monoisotopic (exact) mass is 445 g/mol. The number of carbonyl (C=O) groups is 1. The van der Waals surface area contributed by atoms with Crippen molar-refractivity contribution in [3.63, 3.8) is 0 Å². The van der Waals surface area contributed by atoms with Gasteiger partial charge in [0, 0.05) is 16.5 Å². The standard InChI is InChI=1S/C24H19N3O2S2/c28-22(19-12-7-13-20(14-19)29-15-17-8-3-1-4-9-17)26-23(30)27-24-25-21(16-31-24)18-10-5-2-6-11-18/h1-14,16H,15H2,(H2,25,26,27,28,30). The van der Waals surface area contributed by atoms with Crippen molar-refractivity contribution in [2.24, 2.45) is 0 Å². The Bertz CT molecular complexity index is 1180. The molecule has 0 saturated carbocycles. The minimum atomic E-state index is -0.317. The van der Waals surface area contributed by atoms with Crippen molar-refractivity contribution < 1.29 is 9.53 Å². The first-order valence-electron chi connectivity index (χ1n) is 9.57. The molecule has 0 aliphatic carbocycles. The maximum Gasteiger partial charge on any atom is 0.257 e. The number of anilines is 1. The number of carbonyl (C=O) groups excluding carboxylic acids is 1. The smallest absolute Gasteiger partial charge is 0.257 e. The second kappa shape index (κ2) is 9.97. The van der Waals surface area contributed by atoms with Crippen molar-refractivity contribution in [1.82, 2.24) is 10.3 Å². The van der Waals surface area contributed by atoms with Gasteiger partial charge in [-0.05, 0) is 36.0 Å². The molecule has 0 bridgehead atoms. The van der Waals surface area contributed by atoms with Crippen LogP contribution in [0.5, 0.6) is 5.75 Å². The predicted octanol–water partition coefficient (Wildman–Crippen LogP) is 5.52. The van der Waals surface area contributed by atoms with E-state index in [4.69, 9.17) is 17.0 Å². The van der Waals surface area contributed by atoms with Crippen LogP contribution >= 0.6 is 23.6 Å². The molecule has 0 fully saturated rings. The Kier molecular flexibility index (Phi) is 6.66. The fraction of sp³-hybridized carbons (Fsp3) is 0.0417. The summed E-state index contributed by atoms with van der Waals surface area (Å²) in [4.78, 5) is 17.1. The van der Waals surface area contributed by atoms with Crippen molar-refractivity contribution in [2.75, 3.05) is 5.32 Å². The maximum absolute atomic E-state index is 12.6. The zero-order valence-corrected chi connectivity index (χ0v) is 18.1. The quantitative estimate of drug-likeness (QED) is 0.383. The Morgan fingerprint density at radius 2 is 1.71 bits per heavy atom. The van der Waals surface area contributed by atoms with Gasteiger partial charge in [0.2, 0.25) is 0 Å². The van der Waals surface area contributed by atoms with E-state index in [9.17, 15) is 4.79 Å². The first-order valence-corrected chi connectivity index (χ1v) is 10.9. The Morgan fingerprint density at radius 3 is 2.48 bits per heavy atom. The van der Waals surface area contributed by atoms with Crippen LogP contribution in [0.1, 0.15) is 15.9 Å². The summed E-state index contributed by atoms with van der Waals surface area (Å²) in [6.45, 7) is 0.430. The second-order valence-electron chi connectivity index (χ2n) is 6.61. The lowest BCUT2D eigenvalue weighted by Crippen LogP contribution is -2.34. The third-order valence-electron chi connectivity index (χ3n) is 4.37. The second-order valence-corrected chi connectivity index (χ2v) is 7.88. The lowest BCUT2D eigenvalue weighted by atomic mass is 10.2. The lowest BCUT2D eigenvalue weighted by Gasteiger charge is -2.10. The molecule has 1 heterocycles. The van der Waals surface area contributed by atoms with E-state index in [1.54, 1.807) is 18.2 Å². The molecule has 0 spiro atoms. The van der Waals surface area contributed by atoms with Crippen LogP contribution in [0, 0.1) is 0 Å².